The summed E-state index contributed by atoms with van der Waals surface area (Å²) in [6, 6.07) is 5.64. The van der Waals surface area contributed by atoms with Gasteiger partial charge in [-0.2, -0.15) is 18.4 Å². The van der Waals surface area contributed by atoms with Crippen molar-refractivity contribution in [3.63, 3.8) is 0 Å². The Morgan fingerprint density at radius 2 is 2.09 bits per heavy atom. The number of nitrogens with zero attached hydrogens (tertiary/aromatic N) is 1. The van der Waals surface area contributed by atoms with Crippen molar-refractivity contribution in [2.24, 2.45) is 0 Å². The standard InChI is InChI=1S/C15H17F3N2O3/c1-22-7-3-2-4-14(21)20-12-5-6-13(11(8-12)9-19)23-10-15(16,17)18/h5-6,8H,2-4,7,10H2,1H3,(H,20,21). The van der Waals surface area contributed by atoms with Crippen LogP contribution in [0.5, 0.6) is 5.75 Å². The molecule has 0 fully saturated rings. The Morgan fingerprint density at radius 3 is 2.70 bits per heavy atom. The molecule has 1 N–H and O–H groups in total. The third kappa shape index (κ3) is 7.51. The predicted molar refractivity (Wildman–Crippen MR) is 77.1 cm³/mol. The number of amides is 1. The van der Waals surface area contributed by atoms with Gasteiger partial charge in [-0.3, -0.25) is 4.79 Å². The maximum Gasteiger partial charge on any atom is 0.422 e. The van der Waals surface area contributed by atoms with Crippen LogP contribution in [0.2, 0.25) is 0 Å². The summed E-state index contributed by atoms with van der Waals surface area (Å²) in [6.45, 7) is -0.913. The lowest BCUT2D eigenvalue weighted by molar-refractivity contribution is -0.153. The quantitative estimate of drug-likeness (QED) is 0.743. The van der Waals surface area contributed by atoms with E-state index in [9.17, 15) is 18.0 Å². The van der Waals surface area contributed by atoms with Gasteiger partial charge in [0.15, 0.2) is 6.61 Å². The van der Waals surface area contributed by atoms with Crippen LogP contribution in [0.3, 0.4) is 0 Å². The third-order valence-corrected chi connectivity index (χ3v) is 2.78. The zero-order chi connectivity index (χ0) is 17.3. The molecule has 1 aromatic carbocycles. The number of nitriles is 1. The van der Waals surface area contributed by atoms with Crippen molar-refractivity contribution < 1.29 is 27.4 Å². The van der Waals surface area contributed by atoms with E-state index in [2.05, 4.69) is 10.1 Å². The lowest BCUT2D eigenvalue weighted by Crippen LogP contribution is -2.19. The molecule has 1 aromatic rings. The number of carbonyl (C=O) groups excluding carboxylic acids is 1. The van der Waals surface area contributed by atoms with Crippen LogP contribution in [-0.2, 0) is 9.53 Å². The lowest BCUT2D eigenvalue weighted by Gasteiger charge is -2.12. The third-order valence-electron chi connectivity index (χ3n) is 2.78. The highest BCUT2D eigenvalue weighted by Crippen LogP contribution is 2.25. The molecule has 8 heteroatoms. The smallest absolute Gasteiger partial charge is 0.422 e. The fourth-order valence-corrected chi connectivity index (χ4v) is 1.74. The van der Waals surface area contributed by atoms with Crippen LogP contribution >= 0.6 is 0 Å². The number of hydrogen-bond donors (Lipinski definition) is 1. The predicted octanol–water partition coefficient (Wildman–Crippen LogP) is 3.25. The normalized spacial score (nSPS) is 10.9. The van der Waals surface area contributed by atoms with Gasteiger partial charge in [0.25, 0.3) is 0 Å². The number of hydrogen-bond acceptors (Lipinski definition) is 4. The Morgan fingerprint density at radius 1 is 1.35 bits per heavy atom. The maximum atomic E-state index is 12.1. The second-order valence-corrected chi connectivity index (χ2v) is 4.72. The molecule has 0 heterocycles. The van der Waals surface area contributed by atoms with Crippen molar-refractivity contribution in [1.82, 2.24) is 0 Å². The Labute approximate surface area is 132 Å². The first kappa shape index (κ1) is 18.8. The molecule has 1 rings (SSSR count). The van der Waals surface area contributed by atoms with E-state index in [1.54, 1.807) is 13.2 Å². The van der Waals surface area contributed by atoms with Gasteiger partial charge in [-0.25, -0.2) is 0 Å². The molecule has 0 aliphatic rings. The first-order valence-electron chi connectivity index (χ1n) is 6.88. The second kappa shape index (κ2) is 9.00. The van der Waals surface area contributed by atoms with Gasteiger partial charge in [-0.05, 0) is 31.0 Å². The molecular formula is C15H17F3N2O3. The number of carbonyl (C=O) groups is 1. The zero-order valence-electron chi connectivity index (χ0n) is 12.6. The van der Waals surface area contributed by atoms with Gasteiger partial charge in [-0.15, -0.1) is 0 Å². The molecule has 5 nitrogen and oxygen atoms in total. The van der Waals surface area contributed by atoms with Crippen LogP contribution in [0, 0.1) is 11.3 Å². The monoisotopic (exact) mass is 330 g/mol. The largest absolute Gasteiger partial charge is 0.483 e. The van der Waals surface area contributed by atoms with Crippen LogP contribution in [0.1, 0.15) is 24.8 Å². The van der Waals surface area contributed by atoms with E-state index in [1.807, 2.05) is 0 Å². The highest BCUT2D eigenvalue weighted by atomic mass is 19.4. The number of halogens is 3. The Bertz CT molecular complexity index is 568. The Kier molecular flexibility index (Phi) is 7.35. The van der Waals surface area contributed by atoms with Crippen molar-refractivity contribution in [2.45, 2.75) is 25.4 Å². The van der Waals surface area contributed by atoms with Crippen molar-refractivity contribution in [1.29, 1.82) is 5.26 Å². The number of rotatable bonds is 8. The zero-order valence-corrected chi connectivity index (χ0v) is 12.6. The Hall–Kier alpha value is -2.27. The molecule has 0 radical (unpaired) electrons. The molecule has 0 aromatic heterocycles. The number of alkyl halides is 3. The topological polar surface area (TPSA) is 71.3 Å². The van der Waals surface area contributed by atoms with E-state index in [0.29, 0.717) is 18.7 Å². The van der Waals surface area contributed by atoms with Gasteiger partial charge in [0.2, 0.25) is 5.91 Å². The van der Waals surface area contributed by atoms with Crippen LogP contribution in [0.4, 0.5) is 18.9 Å². The van der Waals surface area contributed by atoms with Gasteiger partial charge in [0.05, 0.1) is 5.56 Å². The minimum Gasteiger partial charge on any atom is -0.483 e. The van der Waals surface area contributed by atoms with E-state index in [1.165, 1.54) is 18.2 Å². The first-order valence-corrected chi connectivity index (χ1v) is 6.88. The molecule has 0 bridgehead atoms. The number of anilines is 1. The van der Waals surface area contributed by atoms with Crippen molar-refractivity contribution >= 4 is 11.6 Å². The fraction of sp³-hybridized carbons (Fsp3) is 0.467. The molecule has 0 unspecified atom stereocenters. The van der Waals surface area contributed by atoms with Gasteiger partial charge < -0.3 is 14.8 Å². The van der Waals surface area contributed by atoms with Crippen LogP contribution in [0.25, 0.3) is 0 Å². The van der Waals surface area contributed by atoms with Crippen LogP contribution in [-0.4, -0.2) is 32.4 Å². The summed E-state index contributed by atoms with van der Waals surface area (Å²) in [4.78, 5) is 11.7. The molecular weight excluding hydrogens is 313 g/mol. The van der Waals surface area contributed by atoms with E-state index in [0.717, 1.165) is 6.42 Å². The molecule has 0 saturated carbocycles. The number of methoxy groups -OCH3 is 1. The molecule has 126 valence electrons. The average Bonchev–Trinajstić information content (AvgIpc) is 2.49. The molecule has 1 amide bonds. The number of ether oxygens (including phenoxy) is 2. The number of nitrogens with one attached hydrogen (secondary N) is 1. The number of benzene rings is 1. The van der Waals surface area contributed by atoms with Gasteiger partial charge in [0, 0.05) is 25.8 Å². The van der Waals surface area contributed by atoms with E-state index >= 15 is 0 Å². The minimum atomic E-state index is -4.48. The first-order chi connectivity index (χ1) is 10.9. The summed E-state index contributed by atoms with van der Waals surface area (Å²) in [5.41, 5.74) is 0.254. The fourth-order valence-electron chi connectivity index (χ4n) is 1.74. The molecule has 0 spiro atoms. The van der Waals surface area contributed by atoms with E-state index in [-0.39, 0.29) is 23.6 Å². The van der Waals surface area contributed by atoms with Crippen molar-refractivity contribution in [3.05, 3.63) is 23.8 Å². The van der Waals surface area contributed by atoms with Crippen LogP contribution < -0.4 is 10.1 Å². The minimum absolute atomic E-state index is 0.0774. The summed E-state index contributed by atoms with van der Waals surface area (Å²) >= 11 is 0. The summed E-state index contributed by atoms with van der Waals surface area (Å²) < 4.78 is 45.8. The molecule has 23 heavy (non-hydrogen) atoms. The molecule has 0 aliphatic carbocycles. The summed E-state index contributed by atoms with van der Waals surface area (Å²) in [5.74, 6) is -0.420. The average molecular weight is 330 g/mol. The van der Waals surface area contributed by atoms with E-state index < -0.39 is 12.8 Å². The SMILES string of the molecule is COCCCCC(=O)Nc1ccc(OCC(F)(F)F)c(C#N)c1. The van der Waals surface area contributed by atoms with Gasteiger partial charge in [0.1, 0.15) is 11.8 Å². The van der Waals surface area contributed by atoms with Crippen molar-refractivity contribution in [3.8, 4) is 11.8 Å². The maximum absolute atomic E-state index is 12.1. The summed E-state index contributed by atoms with van der Waals surface area (Å²) in [6.07, 6.45) is -2.80. The van der Waals surface area contributed by atoms with E-state index in [4.69, 9.17) is 10.00 Å². The van der Waals surface area contributed by atoms with Crippen LogP contribution in [0.15, 0.2) is 18.2 Å². The van der Waals surface area contributed by atoms with Gasteiger partial charge in [-0.1, -0.05) is 0 Å². The van der Waals surface area contributed by atoms with Crippen molar-refractivity contribution in [2.75, 3.05) is 25.6 Å². The summed E-state index contributed by atoms with van der Waals surface area (Å²) in [5, 5.41) is 11.6. The Balaban J connectivity index is 2.61. The molecule has 0 aliphatic heterocycles. The highest BCUT2D eigenvalue weighted by Gasteiger charge is 2.28. The highest BCUT2D eigenvalue weighted by molar-refractivity contribution is 5.91. The second-order valence-electron chi connectivity index (χ2n) is 4.72. The summed E-state index contributed by atoms with van der Waals surface area (Å²) in [7, 11) is 1.58. The lowest BCUT2D eigenvalue weighted by atomic mass is 10.2. The van der Waals surface area contributed by atoms with Gasteiger partial charge >= 0.3 is 6.18 Å². The molecule has 0 atom stereocenters. The number of unbranched alkanes of at least 4 members (excludes halogenated alkanes) is 1. The molecule has 0 saturated heterocycles.